The normalized spacial score (nSPS) is 14.7. The molecule has 0 aliphatic carbocycles. The standard InChI is InChI=1S/C19H23N3O5S/c1-10-9-13(12-5-7-26-8-6-12)27-18(25)14(10)16(23)21-19-20-11(2)15(28-19)17(24)22(3)4/h9,12H,5-8H2,1-4H3,(H,20,21,23). The number of anilines is 1. The van der Waals surface area contributed by atoms with Crippen LogP contribution in [0.4, 0.5) is 5.13 Å². The average Bonchev–Trinajstić information content (AvgIpc) is 3.01. The first-order valence-corrected chi connectivity index (χ1v) is 9.82. The molecule has 8 nitrogen and oxygen atoms in total. The molecule has 1 fully saturated rings. The number of carbonyl (C=O) groups is 2. The second-order valence-corrected chi connectivity index (χ2v) is 7.97. The fraction of sp³-hybridized carbons (Fsp3) is 0.474. The van der Waals surface area contributed by atoms with E-state index in [1.54, 1.807) is 34.0 Å². The van der Waals surface area contributed by atoms with Gasteiger partial charge < -0.3 is 14.1 Å². The van der Waals surface area contributed by atoms with E-state index in [-0.39, 0.29) is 22.5 Å². The molecular formula is C19H23N3O5S. The summed E-state index contributed by atoms with van der Waals surface area (Å²) in [5.41, 5.74) is 0.353. The first kappa shape index (κ1) is 20.2. The second-order valence-electron chi connectivity index (χ2n) is 6.97. The highest BCUT2D eigenvalue weighted by atomic mass is 32.1. The lowest BCUT2D eigenvalue weighted by molar-refractivity contribution is 0.0796. The van der Waals surface area contributed by atoms with Crippen molar-refractivity contribution < 1.29 is 18.7 Å². The Hall–Kier alpha value is -2.52. The van der Waals surface area contributed by atoms with Crippen LogP contribution < -0.4 is 10.9 Å². The van der Waals surface area contributed by atoms with Gasteiger partial charge in [-0.15, -0.1) is 0 Å². The minimum Gasteiger partial charge on any atom is -0.427 e. The summed E-state index contributed by atoms with van der Waals surface area (Å²) in [6, 6.07) is 1.75. The van der Waals surface area contributed by atoms with Gasteiger partial charge in [-0.1, -0.05) is 11.3 Å². The van der Waals surface area contributed by atoms with E-state index in [2.05, 4.69) is 10.3 Å². The SMILES string of the molecule is Cc1cc(C2CCOCC2)oc(=O)c1C(=O)Nc1nc(C)c(C(=O)N(C)C)s1. The van der Waals surface area contributed by atoms with Gasteiger partial charge in [0.2, 0.25) is 0 Å². The Kier molecular flexibility index (Phi) is 5.95. The van der Waals surface area contributed by atoms with Crippen LogP contribution in [0.25, 0.3) is 0 Å². The van der Waals surface area contributed by atoms with E-state index >= 15 is 0 Å². The summed E-state index contributed by atoms with van der Waals surface area (Å²) in [6.45, 7) is 4.67. The van der Waals surface area contributed by atoms with Crippen molar-refractivity contribution in [3.63, 3.8) is 0 Å². The van der Waals surface area contributed by atoms with Gasteiger partial charge in [-0.05, 0) is 38.3 Å². The Morgan fingerprint density at radius 1 is 1.25 bits per heavy atom. The summed E-state index contributed by atoms with van der Waals surface area (Å²) in [4.78, 5) is 43.4. The van der Waals surface area contributed by atoms with Crippen molar-refractivity contribution in [2.24, 2.45) is 0 Å². The van der Waals surface area contributed by atoms with Crippen molar-refractivity contribution >= 4 is 28.3 Å². The Morgan fingerprint density at radius 2 is 1.93 bits per heavy atom. The number of nitrogens with one attached hydrogen (secondary N) is 1. The van der Waals surface area contributed by atoms with Crippen molar-refractivity contribution in [1.29, 1.82) is 0 Å². The fourth-order valence-electron chi connectivity index (χ4n) is 3.10. The Labute approximate surface area is 166 Å². The van der Waals surface area contributed by atoms with Gasteiger partial charge in [0, 0.05) is 33.2 Å². The molecule has 0 saturated carbocycles. The van der Waals surface area contributed by atoms with E-state index in [0.717, 1.165) is 24.2 Å². The molecule has 2 amide bonds. The van der Waals surface area contributed by atoms with E-state index < -0.39 is 11.5 Å². The highest BCUT2D eigenvalue weighted by Gasteiger charge is 2.24. The Bertz CT molecular complexity index is 957. The van der Waals surface area contributed by atoms with E-state index in [1.165, 1.54) is 4.90 Å². The number of carbonyl (C=O) groups excluding carboxylic acids is 2. The van der Waals surface area contributed by atoms with Gasteiger partial charge in [0.1, 0.15) is 16.2 Å². The summed E-state index contributed by atoms with van der Waals surface area (Å²) in [5, 5.41) is 2.88. The van der Waals surface area contributed by atoms with Crippen molar-refractivity contribution in [3.8, 4) is 0 Å². The number of amides is 2. The molecule has 3 heterocycles. The summed E-state index contributed by atoms with van der Waals surface area (Å²) in [5.74, 6) is -0.0702. The third-order valence-electron chi connectivity index (χ3n) is 4.64. The molecule has 2 aromatic heterocycles. The summed E-state index contributed by atoms with van der Waals surface area (Å²) >= 11 is 1.08. The van der Waals surface area contributed by atoms with Crippen LogP contribution in [0.15, 0.2) is 15.3 Å². The first-order valence-electron chi connectivity index (χ1n) is 9.00. The zero-order valence-corrected chi connectivity index (χ0v) is 17.1. The zero-order valence-electron chi connectivity index (χ0n) is 16.3. The van der Waals surface area contributed by atoms with Crippen LogP contribution in [0.5, 0.6) is 0 Å². The quantitative estimate of drug-likeness (QED) is 0.839. The number of hydrogen-bond acceptors (Lipinski definition) is 7. The van der Waals surface area contributed by atoms with Crippen LogP contribution in [-0.2, 0) is 4.74 Å². The smallest absolute Gasteiger partial charge is 0.349 e. The van der Waals surface area contributed by atoms with Crippen LogP contribution in [0.1, 0.15) is 55.8 Å². The van der Waals surface area contributed by atoms with E-state index in [1.807, 2.05) is 0 Å². The summed E-state index contributed by atoms with van der Waals surface area (Å²) in [7, 11) is 3.29. The molecule has 28 heavy (non-hydrogen) atoms. The molecule has 1 aliphatic rings. The molecule has 0 aromatic carbocycles. The van der Waals surface area contributed by atoms with Crippen LogP contribution in [0.2, 0.25) is 0 Å². The number of aryl methyl sites for hydroxylation is 2. The number of nitrogens with zero attached hydrogens (tertiary/aromatic N) is 2. The molecule has 0 spiro atoms. The fourth-order valence-corrected chi connectivity index (χ4v) is 4.08. The molecule has 3 rings (SSSR count). The van der Waals surface area contributed by atoms with Crippen molar-refractivity contribution in [2.75, 3.05) is 32.6 Å². The third-order valence-corrected chi connectivity index (χ3v) is 5.70. The van der Waals surface area contributed by atoms with Crippen molar-refractivity contribution in [1.82, 2.24) is 9.88 Å². The zero-order chi connectivity index (χ0) is 20.4. The largest absolute Gasteiger partial charge is 0.427 e. The van der Waals surface area contributed by atoms with Gasteiger partial charge in [-0.25, -0.2) is 9.78 Å². The van der Waals surface area contributed by atoms with Crippen molar-refractivity contribution in [3.05, 3.63) is 43.9 Å². The average molecular weight is 405 g/mol. The molecule has 0 atom stereocenters. The summed E-state index contributed by atoms with van der Waals surface area (Å²) < 4.78 is 10.8. The molecule has 0 bridgehead atoms. The van der Waals surface area contributed by atoms with Gasteiger partial charge in [-0.2, -0.15) is 0 Å². The molecule has 1 saturated heterocycles. The van der Waals surface area contributed by atoms with Crippen molar-refractivity contribution in [2.45, 2.75) is 32.6 Å². The monoisotopic (exact) mass is 405 g/mol. The predicted molar refractivity (Wildman–Crippen MR) is 105 cm³/mol. The summed E-state index contributed by atoms with van der Waals surface area (Å²) in [6.07, 6.45) is 1.57. The number of hydrogen-bond donors (Lipinski definition) is 1. The van der Waals surface area contributed by atoms with E-state index in [9.17, 15) is 14.4 Å². The lowest BCUT2D eigenvalue weighted by Gasteiger charge is -2.21. The topological polar surface area (TPSA) is 102 Å². The van der Waals surface area contributed by atoms with Gasteiger partial charge in [0.25, 0.3) is 11.8 Å². The van der Waals surface area contributed by atoms with Crippen LogP contribution >= 0.6 is 11.3 Å². The van der Waals surface area contributed by atoms with Crippen LogP contribution in [0.3, 0.4) is 0 Å². The number of ether oxygens (including phenoxy) is 1. The predicted octanol–water partition coefficient (Wildman–Crippen LogP) is 2.56. The maximum atomic E-state index is 12.6. The molecule has 0 radical (unpaired) electrons. The maximum Gasteiger partial charge on any atom is 0.349 e. The molecule has 0 unspecified atom stereocenters. The third kappa shape index (κ3) is 4.15. The van der Waals surface area contributed by atoms with Gasteiger partial charge in [-0.3, -0.25) is 14.9 Å². The molecule has 2 aromatic rings. The highest BCUT2D eigenvalue weighted by Crippen LogP contribution is 2.28. The molecule has 9 heteroatoms. The Morgan fingerprint density at radius 3 is 2.54 bits per heavy atom. The minimum absolute atomic E-state index is 0.0517. The molecular weight excluding hydrogens is 382 g/mol. The maximum absolute atomic E-state index is 12.6. The molecule has 150 valence electrons. The number of thiazole rings is 1. The number of aromatic nitrogens is 1. The van der Waals surface area contributed by atoms with E-state index in [4.69, 9.17) is 9.15 Å². The number of rotatable bonds is 4. The highest BCUT2D eigenvalue weighted by molar-refractivity contribution is 7.17. The lowest BCUT2D eigenvalue weighted by Crippen LogP contribution is -2.24. The molecule has 1 N–H and O–H groups in total. The van der Waals surface area contributed by atoms with Crippen LogP contribution in [-0.4, -0.2) is 49.0 Å². The van der Waals surface area contributed by atoms with Gasteiger partial charge in [0.15, 0.2) is 5.13 Å². The van der Waals surface area contributed by atoms with Crippen LogP contribution in [0, 0.1) is 13.8 Å². The lowest BCUT2D eigenvalue weighted by atomic mass is 9.95. The molecule has 1 aliphatic heterocycles. The minimum atomic E-state index is -0.670. The first-order chi connectivity index (χ1) is 13.3. The van der Waals surface area contributed by atoms with E-state index in [0.29, 0.717) is 35.1 Å². The van der Waals surface area contributed by atoms with Gasteiger partial charge >= 0.3 is 5.63 Å². The Balaban J connectivity index is 1.82. The van der Waals surface area contributed by atoms with Gasteiger partial charge in [0.05, 0.1) is 5.69 Å². The second kappa shape index (κ2) is 8.24.